The summed E-state index contributed by atoms with van der Waals surface area (Å²) in [5.41, 5.74) is 2.41. The lowest BCUT2D eigenvalue weighted by molar-refractivity contribution is 0.0691. The summed E-state index contributed by atoms with van der Waals surface area (Å²) in [6.45, 7) is 0. The zero-order valence-electron chi connectivity index (χ0n) is 17.9. The molecule has 1 aliphatic heterocycles. The van der Waals surface area contributed by atoms with Gasteiger partial charge in [-0.2, -0.15) is 0 Å². The molecule has 8 heteroatoms. The first-order valence-corrected chi connectivity index (χ1v) is 10.9. The van der Waals surface area contributed by atoms with Crippen LogP contribution in [0.4, 0.5) is 0 Å². The predicted molar refractivity (Wildman–Crippen MR) is 125 cm³/mol. The number of fused-ring (bicyclic) bond motifs is 1. The Balaban J connectivity index is 1.62. The lowest BCUT2D eigenvalue weighted by Crippen LogP contribution is -2.18. The molecule has 0 unspecified atom stereocenters. The summed E-state index contributed by atoms with van der Waals surface area (Å²) in [7, 11) is 3.45. The van der Waals surface area contributed by atoms with Gasteiger partial charge < -0.3 is 18.2 Å². The Hall–Kier alpha value is -4.04. The van der Waals surface area contributed by atoms with Gasteiger partial charge in [0.15, 0.2) is 11.5 Å². The summed E-state index contributed by atoms with van der Waals surface area (Å²) in [5.74, 6) is 1.05. The normalized spacial score (nSPS) is 13.0. The molecule has 0 N–H and O–H groups in total. The molecule has 1 aliphatic rings. The zero-order valence-corrected chi connectivity index (χ0v) is 18.7. The average Bonchev–Trinajstić information content (AvgIpc) is 3.34. The van der Waals surface area contributed by atoms with Gasteiger partial charge in [0.05, 0.1) is 18.2 Å². The second-order valence-corrected chi connectivity index (χ2v) is 8.30. The standard InChI is InChI=1S/C25H19N3O4S/c1-28-21(24-27-26-23(32-24)17-12-6-8-14-19(17)30-2)22(18-13-7-9-15-20(18)33-28)31-25(29)16-10-4-3-5-11-16/h3-15H,1-2H3. The van der Waals surface area contributed by atoms with Crippen LogP contribution in [0, 0.1) is 0 Å². The molecule has 33 heavy (non-hydrogen) atoms. The van der Waals surface area contributed by atoms with E-state index in [2.05, 4.69) is 10.2 Å². The number of carbonyl (C=O) groups is 1. The quantitative estimate of drug-likeness (QED) is 0.292. The van der Waals surface area contributed by atoms with Gasteiger partial charge in [0, 0.05) is 17.5 Å². The third-order valence-corrected chi connectivity index (χ3v) is 6.08. The van der Waals surface area contributed by atoms with Crippen LogP contribution in [0.5, 0.6) is 5.75 Å². The molecular formula is C25H19N3O4S. The Morgan fingerprint density at radius 2 is 1.55 bits per heavy atom. The highest BCUT2D eigenvalue weighted by molar-refractivity contribution is 7.97. The van der Waals surface area contributed by atoms with E-state index in [1.54, 1.807) is 31.4 Å². The second kappa shape index (κ2) is 8.84. The molecule has 3 aromatic carbocycles. The number of rotatable bonds is 5. The van der Waals surface area contributed by atoms with E-state index in [9.17, 15) is 4.79 Å². The Labute approximate surface area is 194 Å². The summed E-state index contributed by atoms with van der Waals surface area (Å²) in [5, 5.41) is 8.49. The predicted octanol–water partition coefficient (Wildman–Crippen LogP) is 5.38. The fourth-order valence-electron chi connectivity index (χ4n) is 3.51. The smallest absolute Gasteiger partial charge is 0.343 e. The van der Waals surface area contributed by atoms with E-state index in [1.807, 2.05) is 66.0 Å². The van der Waals surface area contributed by atoms with Crippen LogP contribution in [0.3, 0.4) is 0 Å². The maximum absolute atomic E-state index is 13.0. The third kappa shape index (κ3) is 3.96. The van der Waals surface area contributed by atoms with Gasteiger partial charge in [0.2, 0.25) is 0 Å². The summed E-state index contributed by atoms with van der Waals surface area (Å²) in [6.07, 6.45) is 0. The second-order valence-electron chi connectivity index (χ2n) is 7.13. The third-order valence-electron chi connectivity index (χ3n) is 5.07. The summed E-state index contributed by atoms with van der Waals surface area (Å²) in [6, 6.07) is 24.0. The maximum Gasteiger partial charge on any atom is 0.343 e. The minimum atomic E-state index is -0.470. The minimum absolute atomic E-state index is 0.233. The Morgan fingerprint density at radius 3 is 2.33 bits per heavy atom. The molecule has 0 aliphatic carbocycles. The highest BCUT2D eigenvalue weighted by Gasteiger charge is 2.32. The molecule has 0 saturated carbocycles. The number of nitrogens with zero attached hydrogens (tertiary/aromatic N) is 3. The summed E-state index contributed by atoms with van der Waals surface area (Å²) < 4.78 is 19.3. The van der Waals surface area contributed by atoms with Crippen molar-refractivity contribution < 1.29 is 18.7 Å². The van der Waals surface area contributed by atoms with Crippen molar-refractivity contribution in [1.82, 2.24) is 14.5 Å². The van der Waals surface area contributed by atoms with Crippen molar-refractivity contribution in [2.24, 2.45) is 0 Å². The molecule has 0 bridgehead atoms. The van der Waals surface area contributed by atoms with Crippen LogP contribution in [0.2, 0.25) is 0 Å². The number of esters is 1. The van der Waals surface area contributed by atoms with Gasteiger partial charge >= 0.3 is 5.97 Å². The molecule has 0 fully saturated rings. The highest BCUT2D eigenvalue weighted by atomic mass is 32.2. The summed E-state index contributed by atoms with van der Waals surface area (Å²) >= 11 is 1.49. The van der Waals surface area contributed by atoms with Gasteiger partial charge in [-0.15, -0.1) is 10.2 Å². The molecule has 0 radical (unpaired) electrons. The number of hydrogen-bond donors (Lipinski definition) is 0. The average molecular weight is 458 g/mol. The Bertz CT molecular complexity index is 1350. The van der Waals surface area contributed by atoms with Gasteiger partial charge in [0.1, 0.15) is 5.75 Å². The highest BCUT2D eigenvalue weighted by Crippen LogP contribution is 2.44. The molecule has 4 aromatic rings. The first-order chi connectivity index (χ1) is 16.2. The molecule has 1 aromatic heterocycles. The van der Waals surface area contributed by atoms with Crippen molar-refractivity contribution in [3.63, 3.8) is 0 Å². The fourth-order valence-corrected chi connectivity index (χ4v) is 4.45. The fraction of sp³-hybridized carbons (Fsp3) is 0.0800. The van der Waals surface area contributed by atoms with Gasteiger partial charge in [-0.3, -0.25) is 0 Å². The van der Waals surface area contributed by atoms with E-state index in [0.29, 0.717) is 34.2 Å². The van der Waals surface area contributed by atoms with Crippen molar-refractivity contribution in [2.75, 3.05) is 14.2 Å². The van der Waals surface area contributed by atoms with Crippen molar-refractivity contribution in [2.45, 2.75) is 4.90 Å². The number of para-hydroxylation sites is 1. The van der Waals surface area contributed by atoms with Crippen LogP contribution in [0.15, 0.2) is 88.2 Å². The van der Waals surface area contributed by atoms with Gasteiger partial charge in [0.25, 0.3) is 11.8 Å². The maximum atomic E-state index is 13.0. The topological polar surface area (TPSA) is 77.7 Å². The number of methoxy groups -OCH3 is 1. The molecule has 164 valence electrons. The van der Waals surface area contributed by atoms with Gasteiger partial charge in [-0.25, -0.2) is 4.79 Å². The molecule has 5 rings (SSSR count). The van der Waals surface area contributed by atoms with Crippen molar-refractivity contribution in [3.8, 4) is 17.2 Å². The van der Waals surface area contributed by atoms with E-state index in [1.165, 1.54) is 11.9 Å². The molecule has 7 nitrogen and oxygen atoms in total. The summed E-state index contributed by atoms with van der Waals surface area (Å²) in [4.78, 5) is 13.9. The number of hydrogen-bond acceptors (Lipinski definition) is 8. The molecule has 2 heterocycles. The van der Waals surface area contributed by atoms with Crippen LogP contribution in [-0.2, 0) is 4.74 Å². The molecular weight excluding hydrogens is 438 g/mol. The first kappa shape index (κ1) is 20.8. The molecule has 0 amide bonds. The molecule has 0 atom stereocenters. The SMILES string of the molecule is COc1ccccc1-c1nnc(C2=C(OC(=O)c3ccccc3)c3ccccc3SN2C)o1. The van der Waals surface area contributed by atoms with Crippen LogP contribution >= 0.6 is 11.9 Å². The van der Waals surface area contributed by atoms with E-state index in [0.717, 1.165) is 10.5 Å². The van der Waals surface area contributed by atoms with Crippen molar-refractivity contribution >= 4 is 29.4 Å². The van der Waals surface area contributed by atoms with E-state index < -0.39 is 5.97 Å². The molecule has 0 saturated heterocycles. The Morgan fingerprint density at radius 1 is 0.879 bits per heavy atom. The minimum Gasteiger partial charge on any atom is -0.496 e. The van der Waals surface area contributed by atoms with Crippen LogP contribution < -0.4 is 4.74 Å². The largest absolute Gasteiger partial charge is 0.496 e. The number of aromatic nitrogens is 2. The first-order valence-electron chi connectivity index (χ1n) is 10.2. The number of benzene rings is 3. The van der Waals surface area contributed by atoms with Gasteiger partial charge in [-0.05, 0) is 48.3 Å². The lowest BCUT2D eigenvalue weighted by Gasteiger charge is -2.28. The monoisotopic (exact) mass is 457 g/mol. The van der Waals surface area contributed by atoms with Crippen molar-refractivity contribution in [3.05, 3.63) is 95.9 Å². The van der Waals surface area contributed by atoms with Crippen LogP contribution in [-0.4, -0.2) is 34.6 Å². The number of ether oxygens (including phenoxy) is 2. The van der Waals surface area contributed by atoms with Gasteiger partial charge in [-0.1, -0.05) is 42.5 Å². The number of carbonyl (C=O) groups excluding carboxylic acids is 1. The van der Waals surface area contributed by atoms with E-state index >= 15 is 0 Å². The van der Waals surface area contributed by atoms with E-state index in [4.69, 9.17) is 13.9 Å². The van der Waals surface area contributed by atoms with Crippen molar-refractivity contribution in [1.29, 1.82) is 0 Å². The lowest BCUT2D eigenvalue weighted by atomic mass is 10.1. The zero-order chi connectivity index (χ0) is 22.8. The molecule has 0 spiro atoms. The Kier molecular flexibility index (Phi) is 5.58. The van der Waals surface area contributed by atoms with Crippen LogP contribution in [0.1, 0.15) is 21.8 Å². The van der Waals surface area contributed by atoms with E-state index in [-0.39, 0.29) is 5.89 Å². The van der Waals surface area contributed by atoms with Crippen LogP contribution in [0.25, 0.3) is 22.9 Å².